The van der Waals surface area contributed by atoms with Gasteiger partial charge < -0.3 is 10.2 Å². The summed E-state index contributed by atoms with van der Waals surface area (Å²) in [5.41, 5.74) is 1.27. The third-order valence-corrected chi connectivity index (χ3v) is 4.01. The molecular formula is C15H14ClN7O. The number of allylic oxidation sites excluding steroid dienone is 1. The van der Waals surface area contributed by atoms with Crippen molar-refractivity contribution in [2.45, 2.75) is 12.8 Å². The molecule has 24 heavy (non-hydrogen) atoms. The Labute approximate surface area is 143 Å². The maximum absolute atomic E-state index is 12.4. The van der Waals surface area contributed by atoms with Crippen LogP contribution in [0.25, 0.3) is 5.57 Å². The van der Waals surface area contributed by atoms with Crippen molar-refractivity contribution in [2.24, 2.45) is 0 Å². The predicted octanol–water partition coefficient (Wildman–Crippen LogP) is 2.07. The lowest BCUT2D eigenvalue weighted by Crippen LogP contribution is -2.27. The van der Waals surface area contributed by atoms with E-state index in [-0.39, 0.29) is 17.3 Å². The molecule has 2 heterocycles. The van der Waals surface area contributed by atoms with Crippen LogP contribution in [0.15, 0.2) is 24.4 Å². The number of H-pyrrole nitrogens is 1. The molecule has 1 amide bonds. The monoisotopic (exact) mass is 343 g/mol. The van der Waals surface area contributed by atoms with Crippen LogP contribution in [0.1, 0.15) is 29.0 Å². The number of nitriles is 1. The summed E-state index contributed by atoms with van der Waals surface area (Å²) in [7, 11) is 0. The third-order valence-electron chi connectivity index (χ3n) is 3.69. The highest BCUT2D eigenvalue weighted by Gasteiger charge is 2.20. The second-order valence-electron chi connectivity index (χ2n) is 5.24. The standard InChI is InChI=1S/C15H14ClN7O/c16-12-4-3-10(15(24)23-5-1-2-6-23)7-13(12)18-9-11(8-17)14-19-21-22-20-14/h3-4,7,9,18H,1-2,5-6H2,(H,19,20,21,22). The number of carbonyl (C=O) groups excluding carboxylic acids is 1. The number of hydrogen-bond donors (Lipinski definition) is 2. The summed E-state index contributed by atoms with van der Waals surface area (Å²) in [4.78, 5) is 14.3. The van der Waals surface area contributed by atoms with E-state index >= 15 is 0 Å². The molecule has 0 bridgehead atoms. The first kappa shape index (κ1) is 16.0. The summed E-state index contributed by atoms with van der Waals surface area (Å²) < 4.78 is 0. The van der Waals surface area contributed by atoms with Gasteiger partial charge >= 0.3 is 0 Å². The second kappa shape index (κ2) is 7.10. The summed E-state index contributed by atoms with van der Waals surface area (Å²) in [6, 6.07) is 6.99. The van der Waals surface area contributed by atoms with E-state index in [0.717, 1.165) is 25.9 Å². The molecule has 1 fully saturated rings. The lowest BCUT2D eigenvalue weighted by Gasteiger charge is -2.16. The number of benzene rings is 1. The largest absolute Gasteiger partial charge is 0.359 e. The lowest BCUT2D eigenvalue weighted by molar-refractivity contribution is 0.0793. The fourth-order valence-electron chi connectivity index (χ4n) is 2.44. The number of anilines is 1. The second-order valence-corrected chi connectivity index (χ2v) is 5.65. The number of likely N-dealkylation sites (tertiary alicyclic amines) is 1. The molecule has 1 aromatic carbocycles. The maximum atomic E-state index is 12.4. The Morgan fingerprint density at radius 2 is 2.21 bits per heavy atom. The van der Waals surface area contributed by atoms with Gasteiger partial charge in [-0.2, -0.15) is 10.5 Å². The van der Waals surface area contributed by atoms with Crippen molar-refractivity contribution in [2.75, 3.05) is 18.4 Å². The fraction of sp³-hybridized carbons (Fsp3) is 0.267. The minimum Gasteiger partial charge on any atom is -0.359 e. The SMILES string of the molecule is N#CC(=CNc1cc(C(=O)N2CCCC2)ccc1Cl)c1nn[nH]n1. The predicted molar refractivity (Wildman–Crippen MR) is 88.0 cm³/mol. The van der Waals surface area contributed by atoms with Crippen LogP contribution >= 0.6 is 11.6 Å². The molecule has 0 radical (unpaired) electrons. The van der Waals surface area contributed by atoms with E-state index in [2.05, 4.69) is 25.9 Å². The molecule has 1 aliphatic rings. The van der Waals surface area contributed by atoms with Gasteiger partial charge in [-0.15, -0.1) is 10.2 Å². The lowest BCUT2D eigenvalue weighted by atomic mass is 10.1. The van der Waals surface area contributed by atoms with Gasteiger partial charge in [-0.05, 0) is 36.3 Å². The first-order valence-electron chi connectivity index (χ1n) is 7.38. The smallest absolute Gasteiger partial charge is 0.253 e. The first-order valence-corrected chi connectivity index (χ1v) is 7.76. The highest BCUT2D eigenvalue weighted by Crippen LogP contribution is 2.25. The Bertz CT molecular complexity index is 804. The number of hydrogen-bond acceptors (Lipinski definition) is 6. The van der Waals surface area contributed by atoms with E-state index in [0.29, 0.717) is 16.3 Å². The number of carbonyl (C=O) groups is 1. The molecular weight excluding hydrogens is 330 g/mol. The summed E-state index contributed by atoms with van der Waals surface area (Å²) in [6.45, 7) is 1.56. The zero-order valence-electron chi connectivity index (χ0n) is 12.7. The molecule has 9 heteroatoms. The van der Waals surface area contributed by atoms with Crippen molar-refractivity contribution < 1.29 is 4.79 Å². The number of aromatic nitrogens is 4. The molecule has 122 valence electrons. The molecule has 2 aromatic rings. The summed E-state index contributed by atoms with van der Waals surface area (Å²) in [6.07, 6.45) is 3.49. The quantitative estimate of drug-likeness (QED) is 0.822. The Balaban J connectivity index is 1.81. The number of nitrogens with one attached hydrogen (secondary N) is 2. The normalized spacial score (nSPS) is 14.5. The summed E-state index contributed by atoms with van der Waals surface area (Å²) in [5.74, 6) is 0.153. The minimum absolute atomic E-state index is 0.0186. The Morgan fingerprint density at radius 1 is 1.42 bits per heavy atom. The average molecular weight is 344 g/mol. The van der Waals surface area contributed by atoms with Crippen molar-refractivity contribution in [3.8, 4) is 6.07 Å². The first-order chi connectivity index (χ1) is 11.7. The van der Waals surface area contributed by atoms with E-state index in [9.17, 15) is 4.79 Å². The third kappa shape index (κ3) is 3.36. The van der Waals surface area contributed by atoms with Crippen LogP contribution in [0.3, 0.4) is 0 Å². The van der Waals surface area contributed by atoms with Gasteiger partial charge in [-0.25, -0.2) is 0 Å². The zero-order chi connectivity index (χ0) is 16.9. The van der Waals surface area contributed by atoms with E-state index in [1.807, 2.05) is 11.0 Å². The van der Waals surface area contributed by atoms with Gasteiger partial charge in [0, 0.05) is 24.9 Å². The van der Waals surface area contributed by atoms with Crippen LogP contribution in [-0.2, 0) is 0 Å². The van der Waals surface area contributed by atoms with Crippen molar-refractivity contribution in [3.63, 3.8) is 0 Å². The van der Waals surface area contributed by atoms with Crippen molar-refractivity contribution >= 4 is 28.8 Å². The minimum atomic E-state index is -0.0186. The molecule has 8 nitrogen and oxygen atoms in total. The van der Waals surface area contributed by atoms with Crippen LogP contribution in [0, 0.1) is 11.3 Å². The van der Waals surface area contributed by atoms with Crippen molar-refractivity contribution in [3.05, 3.63) is 40.8 Å². The Kier molecular flexibility index (Phi) is 4.72. The molecule has 2 N–H and O–H groups in total. The number of rotatable bonds is 4. The summed E-state index contributed by atoms with van der Waals surface area (Å²) in [5, 5.41) is 25.7. The number of tetrazole rings is 1. The number of halogens is 1. The molecule has 0 aliphatic carbocycles. The van der Waals surface area contributed by atoms with E-state index in [1.54, 1.807) is 18.2 Å². The maximum Gasteiger partial charge on any atom is 0.253 e. The van der Waals surface area contributed by atoms with Crippen LogP contribution in [-0.4, -0.2) is 44.5 Å². The highest BCUT2D eigenvalue weighted by atomic mass is 35.5. The number of amides is 1. The molecule has 0 saturated carbocycles. The molecule has 0 unspecified atom stereocenters. The topological polar surface area (TPSA) is 111 Å². The molecule has 0 spiro atoms. The molecule has 1 aliphatic heterocycles. The van der Waals surface area contributed by atoms with Crippen molar-refractivity contribution in [1.82, 2.24) is 25.5 Å². The van der Waals surface area contributed by atoms with Crippen LogP contribution in [0.4, 0.5) is 5.69 Å². The molecule has 3 rings (SSSR count). The summed E-state index contributed by atoms with van der Waals surface area (Å²) >= 11 is 6.16. The van der Waals surface area contributed by atoms with Gasteiger partial charge in [0.15, 0.2) is 0 Å². The average Bonchev–Trinajstić information content (AvgIpc) is 3.30. The fourth-order valence-corrected chi connectivity index (χ4v) is 2.62. The van der Waals surface area contributed by atoms with Gasteiger partial charge in [0.05, 0.1) is 10.7 Å². The Hall–Kier alpha value is -2.92. The zero-order valence-corrected chi connectivity index (χ0v) is 13.4. The van der Waals surface area contributed by atoms with Crippen LogP contribution < -0.4 is 5.32 Å². The van der Waals surface area contributed by atoms with Crippen molar-refractivity contribution in [1.29, 1.82) is 5.26 Å². The van der Waals surface area contributed by atoms with E-state index in [1.165, 1.54) is 6.20 Å². The Morgan fingerprint density at radius 3 is 2.88 bits per heavy atom. The number of aromatic amines is 1. The van der Waals surface area contributed by atoms with E-state index < -0.39 is 0 Å². The van der Waals surface area contributed by atoms with Gasteiger partial charge in [0.1, 0.15) is 11.6 Å². The molecule has 1 aromatic heterocycles. The number of nitrogens with zero attached hydrogens (tertiary/aromatic N) is 5. The van der Waals surface area contributed by atoms with Crippen LogP contribution in [0.5, 0.6) is 0 Å². The van der Waals surface area contributed by atoms with Gasteiger partial charge in [0.25, 0.3) is 5.91 Å². The van der Waals surface area contributed by atoms with E-state index in [4.69, 9.17) is 16.9 Å². The molecule has 0 atom stereocenters. The molecule has 1 saturated heterocycles. The van der Waals surface area contributed by atoms with Gasteiger partial charge in [0.2, 0.25) is 5.82 Å². The highest BCUT2D eigenvalue weighted by molar-refractivity contribution is 6.33. The van der Waals surface area contributed by atoms with Gasteiger partial charge in [-0.1, -0.05) is 11.6 Å². The van der Waals surface area contributed by atoms with Gasteiger partial charge in [-0.3, -0.25) is 4.79 Å². The van der Waals surface area contributed by atoms with Crippen LogP contribution in [0.2, 0.25) is 5.02 Å².